The van der Waals surface area contributed by atoms with Gasteiger partial charge in [0.15, 0.2) is 5.78 Å². The van der Waals surface area contributed by atoms with Crippen LogP contribution < -0.4 is 0 Å². The standard InChI is InChI=1S/C14H27NO/c1-5-6-12-7-9-15(10-8-12)11-13(16)14(2,3)4/h12H,5-11H2,1-4H3. The van der Waals surface area contributed by atoms with Gasteiger partial charge in [0.1, 0.15) is 0 Å². The van der Waals surface area contributed by atoms with Crippen LogP contribution in [0.4, 0.5) is 0 Å². The average molecular weight is 225 g/mol. The highest BCUT2D eigenvalue weighted by molar-refractivity contribution is 5.85. The lowest BCUT2D eigenvalue weighted by Gasteiger charge is -2.32. The Hall–Kier alpha value is -0.370. The molecule has 0 bridgehead atoms. The van der Waals surface area contributed by atoms with E-state index < -0.39 is 0 Å². The minimum absolute atomic E-state index is 0.180. The van der Waals surface area contributed by atoms with Crippen molar-refractivity contribution in [3.05, 3.63) is 0 Å². The molecule has 94 valence electrons. The van der Waals surface area contributed by atoms with Crippen LogP contribution in [0.15, 0.2) is 0 Å². The summed E-state index contributed by atoms with van der Waals surface area (Å²) < 4.78 is 0. The fourth-order valence-corrected chi connectivity index (χ4v) is 2.28. The zero-order chi connectivity index (χ0) is 12.2. The third-order valence-electron chi connectivity index (χ3n) is 3.61. The van der Waals surface area contributed by atoms with E-state index in [4.69, 9.17) is 0 Å². The fourth-order valence-electron chi connectivity index (χ4n) is 2.28. The molecule has 0 aromatic carbocycles. The second-order valence-corrected chi connectivity index (χ2v) is 6.18. The maximum atomic E-state index is 11.9. The van der Waals surface area contributed by atoms with Crippen molar-refractivity contribution in [3.63, 3.8) is 0 Å². The molecule has 2 heteroatoms. The summed E-state index contributed by atoms with van der Waals surface area (Å²) in [5, 5.41) is 0. The van der Waals surface area contributed by atoms with Gasteiger partial charge in [-0.05, 0) is 31.8 Å². The summed E-state index contributed by atoms with van der Waals surface area (Å²) in [6, 6.07) is 0. The molecule has 1 heterocycles. The number of carbonyl (C=O) groups is 1. The van der Waals surface area contributed by atoms with Crippen molar-refractivity contribution in [2.45, 2.75) is 53.4 Å². The Morgan fingerprint density at radius 2 is 1.81 bits per heavy atom. The smallest absolute Gasteiger partial charge is 0.152 e. The quantitative estimate of drug-likeness (QED) is 0.732. The minimum Gasteiger partial charge on any atom is -0.298 e. The van der Waals surface area contributed by atoms with Crippen molar-refractivity contribution in [1.82, 2.24) is 4.90 Å². The van der Waals surface area contributed by atoms with Crippen molar-refractivity contribution >= 4 is 5.78 Å². The van der Waals surface area contributed by atoms with E-state index in [-0.39, 0.29) is 5.41 Å². The van der Waals surface area contributed by atoms with Crippen molar-refractivity contribution in [2.24, 2.45) is 11.3 Å². The van der Waals surface area contributed by atoms with Gasteiger partial charge in [0.2, 0.25) is 0 Å². The Kier molecular flexibility index (Phi) is 4.97. The van der Waals surface area contributed by atoms with Crippen LogP contribution in [-0.2, 0) is 4.79 Å². The van der Waals surface area contributed by atoms with Crippen LogP contribution in [0.2, 0.25) is 0 Å². The number of piperidine rings is 1. The molecule has 0 N–H and O–H groups in total. The van der Waals surface area contributed by atoms with Gasteiger partial charge >= 0.3 is 0 Å². The van der Waals surface area contributed by atoms with E-state index in [1.165, 1.54) is 25.7 Å². The summed E-state index contributed by atoms with van der Waals surface area (Å²) in [5.41, 5.74) is -0.180. The van der Waals surface area contributed by atoms with Crippen molar-refractivity contribution < 1.29 is 4.79 Å². The molecule has 2 nitrogen and oxygen atoms in total. The predicted molar refractivity (Wildman–Crippen MR) is 68.5 cm³/mol. The molecule has 0 aromatic heterocycles. The lowest BCUT2D eigenvalue weighted by molar-refractivity contribution is -0.127. The number of ketones is 1. The molecule has 16 heavy (non-hydrogen) atoms. The van der Waals surface area contributed by atoms with Crippen LogP contribution in [0.3, 0.4) is 0 Å². The van der Waals surface area contributed by atoms with Gasteiger partial charge in [-0.1, -0.05) is 40.5 Å². The summed E-state index contributed by atoms with van der Waals surface area (Å²) in [7, 11) is 0. The summed E-state index contributed by atoms with van der Waals surface area (Å²) in [6.07, 6.45) is 5.23. The molecule has 1 aliphatic heterocycles. The summed E-state index contributed by atoms with van der Waals surface area (Å²) in [5.74, 6) is 1.28. The number of hydrogen-bond acceptors (Lipinski definition) is 2. The average Bonchev–Trinajstić information content (AvgIpc) is 2.20. The number of Topliss-reactive ketones (excluding diaryl/α,β-unsaturated/α-hetero) is 1. The van der Waals surface area contributed by atoms with Crippen LogP contribution in [0.5, 0.6) is 0 Å². The zero-order valence-electron chi connectivity index (χ0n) is 11.4. The van der Waals surface area contributed by atoms with Crippen molar-refractivity contribution in [3.8, 4) is 0 Å². The van der Waals surface area contributed by atoms with Crippen LogP contribution in [0.1, 0.15) is 53.4 Å². The first-order valence-electron chi connectivity index (χ1n) is 6.69. The molecule has 0 spiro atoms. The van der Waals surface area contributed by atoms with Gasteiger partial charge < -0.3 is 0 Å². The maximum Gasteiger partial charge on any atom is 0.152 e. The summed E-state index contributed by atoms with van der Waals surface area (Å²) >= 11 is 0. The molecule has 1 rings (SSSR count). The van der Waals surface area contributed by atoms with Gasteiger partial charge in [-0.15, -0.1) is 0 Å². The number of carbonyl (C=O) groups excluding carboxylic acids is 1. The number of likely N-dealkylation sites (tertiary alicyclic amines) is 1. The second-order valence-electron chi connectivity index (χ2n) is 6.18. The minimum atomic E-state index is -0.180. The lowest BCUT2D eigenvalue weighted by atomic mass is 9.89. The number of nitrogens with zero attached hydrogens (tertiary/aromatic N) is 1. The van der Waals surface area contributed by atoms with E-state index in [0.29, 0.717) is 12.3 Å². The van der Waals surface area contributed by atoms with Crippen LogP contribution in [0, 0.1) is 11.3 Å². The van der Waals surface area contributed by atoms with Crippen LogP contribution in [0.25, 0.3) is 0 Å². The molecule has 0 amide bonds. The monoisotopic (exact) mass is 225 g/mol. The molecule has 1 aliphatic rings. The molecule has 0 radical (unpaired) electrons. The first-order chi connectivity index (χ1) is 7.43. The summed E-state index contributed by atoms with van der Waals surface area (Å²) in [6.45, 7) is 11.2. The molecule has 1 saturated heterocycles. The molecule has 0 saturated carbocycles. The maximum absolute atomic E-state index is 11.9. The van der Waals surface area contributed by atoms with E-state index in [1.54, 1.807) is 0 Å². The SMILES string of the molecule is CCCC1CCN(CC(=O)C(C)(C)C)CC1. The Bertz CT molecular complexity index is 221. The lowest BCUT2D eigenvalue weighted by Crippen LogP contribution is -2.40. The highest BCUT2D eigenvalue weighted by Gasteiger charge is 2.25. The van der Waals surface area contributed by atoms with Crippen LogP contribution in [-0.4, -0.2) is 30.3 Å². The zero-order valence-corrected chi connectivity index (χ0v) is 11.4. The topological polar surface area (TPSA) is 20.3 Å². The first-order valence-corrected chi connectivity index (χ1v) is 6.69. The second kappa shape index (κ2) is 5.81. The normalized spacial score (nSPS) is 20.0. The van der Waals surface area contributed by atoms with Gasteiger partial charge in [-0.3, -0.25) is 9.69 Å². The van der Waals surface area contributed by atoms with Gasteiger partial charge in [-0.25, -0.2) is 0 Å². The van der Waals surface area contributed by atoms with E-state index in [0.717, 1.165) is 19.0 Å². The Morgan fingerprint density at radius 1 is 1.25 bits per heavy atom. The fraction of sp³-hybridized carbons (Fsp3) is 0.929. The predicted octanol–water partition coefficient (Wildman–Crippen LogP) is 3.11. The number of rotatable bonds is 4. The molecule has 0 atom stereocenters. The highest BCUT2D eigenvalue weighted by atomic mass is 16.1. The van der Waals surface area contributed by atoms with E-state index in [2.05, 4.69) is 11.8 Å². The Morgan fingerprint density at radius 3 is 2.25 bits per heavy atom. The van der Waals surface area contributed by atoms with Crippen molar-refractivity contribution in [2.75, 3.05) is 19.6 Å². The van der Waals surface area contributed by atoms with E-state index in [9.17, 15) is 4.79 Å². The van der Waals surface area contributed by atoms with Crippen molar-refractivity contribution in [1.29, 1.82) is 0 Å². The molecule has 0 aliphatic carbocycles. The van der Waals surface area contributed by atoms with Crippen LogP contribution >= 0.6 is 0 Å². The van der Waals surface area contributed by atoms with E-state index >= 15 is 0 Å². The third-order valence-corrected chi connectivity index (χ3v) is 3.61. The highest BCUT2D eigenvalue weighted by Crippen LogP contribution is 2.23. The van der Waals surface area contributed by atoms with Gasteiger partial charge in [0.25, 0.3) is 0 Å². The van der Waals surface area contributed by atoms with Gasteiger partial charge in [0, 0.05) is 5.41 Å². The van der Waals surface area contributed by atoms with Gasteiger partial charge in [0.05, 0.1) is 6.54 Å². The number of hydrogen-bond donors (Lipinski definition) is 0. The van der Waals surface area contributed by atoms with Gasteiger partial charge in [-0.2, -0.15) is 0 Å². The first kappa shape index (κ1) is 13.7. The summed E-state index contributed by atoms with van der Waals surface area (Å²) in [4.78, 5) is 14.2. The van der Waals surface area contributed by atoms with E-state index in [1.807, 2.05) is 20.8 Å². The Balaban J connectivity index is 2.30. The Labute approximate surface area is 100 Å². The molecular formula is C14H27NO. The molecular weight excluding hydrogens is 198 g/mol. The largest absolute Gasteiger partial charge is 0.298 e. The molecule has 1 fully saturated rings. The third kappa shape index (κ3) is 4.25. The molecule has 0 aromatic rings. The molecule has 0 unspecified atom stereocenters.